The van der Waals surface area contributed by atoms with E-state index in [1.807, 2.05) is 54.6 Å². The number of fused-ring (bicyclic) bond motifs is 1. The molecule has 1 atom stereocenters. The number of hydrogen-bond acceptors (Lipinski definition) is 3. The zero-order valence-electron chi connectivity index (χ0n) is 15.2. The summed E-state index contributed by atoms with van der Waals surface area (Å²) in [6, 6.07) is 20.3. The standard InChI is InChI=1S/C22H20ClNO3S/c23-18-10-8-16(9-11-18)14-24(19-12-13-28(26,27)15-19)22(25)21-7-3-5-17-4-1-2-6-20(17)21/h1-11,19H,12-15H2. The first-order valence-electron chi connectivity index (χ1n) is 9.16. The highest BCUT2D eigenvalue weighted by molar-refractivity contribution is 7.91. The van der Waals surface area contributed by atoms with Gasteiger partial charge in [-0.1, -0.05) is 60.1 Å². The summed E-state index contributed by atoms with van der Waals surface area (Å²) in [6.07, 6.45) is 0.465. The summed E-state index contributed by atoms with van der Waals surface area (Å²) >= 11 is 5.98. The lowest BCUT2D eigenvalue weighted by molar-refractivity contribution is 0.0683. The largest absolute Gasteiger partial charge is 0.330 e. The summed E-state index contributed by atoms with van der Waals surface area (Å²) in [5, 5.41) is 2.48. The van der Waals surface area contributed by atoms with Gasteiger partial charge in [0.15, 0.2) is 9.84 Å². The Balaban J connectivity index is 1.73. The maximum Gasteiger partial charge on any atom is 0.255 e. The fourth-order valence-corrected chi connectivity index (χ4v) is 5.60. The van der Waals surface area contributed by atoms with Crippen LogP contribution in [0.5, 0.6) is 0 Å². The Kier molecular flexibility index (Phi) is 5.13. The Bertz CT molecular complexity index is 1120. The van der Waals surface area contributed by atoms with Gasteiger partial charge in [0.1, 0.15) is 0 Å². The fourth-order valence-electron chi connectivity index (χ4n) is 3.74. The normalized spacial score (nSPS) is 18.2. The predicted octanol–water partition coefficient (Wildman–Crippen LogP) is 4.32. The second-order valence-electron chi connectivity index (χ2n) is 7.14. The van der Waals surface area contributed by atoms with Crippen LogP contribution in [0.25, 0.3) is 10.8 Å². The van der Waals surface area contributed by atoms with Gasteiger partial charge in [-0.25, -0.2) is 8.42 Å². The van der Waals surface area contributed by atoms with E-state index >= 15 is 0 Å². The average Bonchev–Trinajstić information content (AvgIpc) is 3.06. The molecule has 0 spiro atoms. The molecule has 3 aromatic carbocycles. The van der Waals surface area contributed by atoms with E-state index in [0.717, 1.165) is 16.3 Å². The SMILES string of the molecule is O=C(c1cccc2ccccc12)N(Cc1ccc(Cl)cc1)C1CCS(=O)(=O)C1. The molecular formula is C22H20ClNO3S. The molecule has 0 bridgehead atoms. The van der Waals surface area contributed by atoms with Gasteiger partial charge in [-0.15, -0.1) is 0 Å². The Morgan fingerprint density at radius 2 is 1.71 bits per heavy atom. The van der Waals surface area contributed by atoms with E-state index in [1.54, 1.807) is 17.0 Å². The van der Waals surface area contributed by atoms with E-state index < -0.39 is 9.84 Å². The van der Waals surface area contributed by atoms with E-state index in [9.17, 15) is 13.2 Å². The number of halogens is 1. The predicted molar refractivity (Wildman–Crippen MR) is 112 cm³/mol. The van der Waals surface area contributed by atoms with E-state index in [0.29, 0.717) is 23.6 Å². The molecule has 4 nitrogen and oxygen atoms in total. The molecule has 1 aliphatic rings. The molecule has 1 saturated heterocycles. The Morgan fingerprint density at radius 3 is 2.43 bits per heavy atom. The highest BCUT2D eigenvalue weighted by Crippen LogP contribution is 2.26. The van der Waals surface area contributed by atoms with Crippen molar-refractivity contribution in [3.63, 3.8) is 0 Å². The number of benzene rings is 3. The van der Waals surface area contributed by atoms with Crippen molar-refractivity contribution in [2.75, 3.05) is 11.5 Å². The monoisotopic (exact) mass is 413 g/mol. The first-order chi connectivity index (χ1) is 13.4. The summed E-state index contributed by atoms with van der Waals surface area (Å²) in [7, 11) is -3.11. The zero-order chi connectivity index (χ0) is 19.7. The summed E-state index contributed by atoms with van der Waals surface area (Å²) in [6.45, 7) is 0.347. The highest BCUT2D eigenvalue weighted by Gasteiger charge is 2.35. The van der Waals surface area contributed by atoms with Gasteiger partial charge in [-0.2, -0.15) is 0 Å². The highest BCUT2D eigenvalue weighted by atomic mass is 35.5. The first-order valence-corrected chi connectivity index (χ1v) is 11.4. The topological polar surface area (TPSA) is 54.5 Å². The minimum atomic E-state index is -3.11. The second kappa shape index (κ2) is 7.57. The van der Waals surface area contributed by atoms with Gasteiger partial charge in [-0.05, 0) is 41.0 Å². The quantitative estimate of drug-likeness (QED) is 0.640. The Morgan fingerprint density at radius 1 is 1.00 bits per heavy atom. The van der Waals surface area contributed by atoms with E-state index in [4.69, 9.17) is 11.6 Å². The summed E-state index contributed by atoms with van der Waals surface area (Å²) < 4.78 is 24.1. The van der Waals surface area contributed by atoms with Gasteiger partial charge in [-0.3, -0.25) is 4.79 Å². The molecule has 0 N–H and O–H groups in total. The Hall–Kier alpha value is -2.37. The lowest BCUT2D eigenvalue weighted by Gasteiger charge is -2.29. The molecule has 1 aliphatic heterocycles. The lowest BCUT2D eigenvalue weighted by Crippen LogP contribution is -2.40. The molecule has 0 aliphatic carbocycles. The molecular weight excluding hydrogens is 394 g/mol. The molecule has 1 amide bonds. The second-order valence-corrected chi connectivity index (χ2v) is 9.81. The zero-order valence-corrected chi connectivity index (χ0v) is 16.8. The van der Waals surface area contributed by atoms with Crippen LogP contribution in [-0.2, 0) is 16.4 Å². The minimum absolute atomic E-state index is 0.0110. The summed E-state index contributed by atoms with van der Waals surface area (Å²) in [5.74, 6) is -0.0110. The van der Waals surface area contributed by atoms with Crippen LogP contribution < -0.4 is 0 Å². The smallest absolute Gasteiger partial charge is 0.255 e. The van der Waals surface area contributed by atoms with Crippen molar-refractivity contribution in [2.24, 2.45) is 0 Å². The van der Waals surface area contributed by atoms with Gasteiger partial charge in [0.2, 0.25) is 0 Å². The van der Waals surface area contributed by atoms with Crippen LogP contribution in [0.1, 0.15) is 22.3 Å². The first kappa shape index (κ1) is 19.0. The third kappa shape index (κ3) is 3.91. The van der Waals surface area contributed by atoms with Crippen LogP contribution in [0, 0.1) is 0 Å². The van der Waals surface area contributed by atoms with E-state index in [1.165, 1.54) is 0 Å². The van der Waals surface area contributed by atoms with E-state index in [2.05, 4.69) is 0 Å². The maximum atomic E-state index is 13.5. The van der Waals surface area contributed by atoms with Crippen molar-refractivity contribution in [3.05, 3.63) is 82.9 Å². The third-order valence-electron chi connectivity index (χ3n) is 5.20. The van der Waals surface area contributed by atoms with Crippen LogP contribution in [0.4, 0.5) is 0 Å². The molecule has 1 fully saturated rings. The van der Waals surface area contributed by atoms with Crippen molar-refractivity contribution in [1.29, 1.82) is 0 Å². The molecule has 28 heavy (non-hydrogen) atoms. The van der Waals surface area contributed by atoms with Crippen LogP contribution in [0.3, 0.4) is 0 Å². The van der Waals surface area contributed by atoms with Gasteiger partial charge in [0, 0.05) is 23.2 Å². The molecule has 144 valence electrons. The molecule has 0 radical (unpaired) electrons. The molecule has 6 heteroatoms. The lowest BCUT2D eigenvalue weighted by atomic mass is 10.0. The summed E-state index contributed by atoms with van der Waals surface area (Å²) in [5.41, 5.74) is 1.51. The van der Waals surface area contributed by atoms with Crippen LogP contribution in [0.2, 0.25) is 5.02 Å². The number of carbonyl (C=O) groups excluding carboxylic acids is 1. The number of rotatable bonds is 4. The van der Waals surface area contributed by atoms with Gasteiger partial charge in [0.25, 0.3) is 5.91 Å². The molecule has 1 unspecified atom stereocenters. The molecule has 4 rings (SSSR count). The number of nitrogens with zero attached hydrogens (tertiary/aromatic N) is 1. The molecule has 3 aromatic rings. The number of sulfone groups is 1. The van der Waals surface area contributed by atoms with Crippen molar-refractivity contribution < 1.29 is 13.2 Å². The van der Waals surface area contributed by atoms with E-state index in [-0.39, 0.29) is 23.5 Å². The minimum Gasteiger partial charge on any atom is -0.330 e. The maximum absolute atomic E-state index is 13.5. The Labute approximate surface area is 169 Å². The average molecular weight is 414 g/mol. The fraction of sp³-hybridized carbons (Fsp3) is 0.227. The van der Waals surface area contributed by atoms with Gasteiger partial charge in [0.05, 0.1) is 11.5 Å². The van der Waals surface area contributed by atoms with Gasteiger partial charge >= 0.3 is 0 Å². The van der Waals surface area contributed by atoms with Crippen molar-refractivity contribution in [3.8, 4) is 0 Å². The number of hydrogen-bond donors (Lipinski definition) is 0. The van der Waals surface area contributed by atoms with Crippen molar-refractivity contribution >= 4 is 38.1 Å². The van der Waals surface area contributed by atoms with Crippen molar-refractivity contribution in [2.45, 2.75) is 19.0 Å². The molecule has 0 aromatic heterocycles. The van der Waals surface area contributed by atoms with Crippen LogP contribution >= 0.6 is 11.6 Å². The molecule has 1 heterocycles. The van der Waals surface area contributed by atoms with Gasteiger partial charge < -0.3 is 4.90 Å². The van der Waals surface area contributed by atoms with Crippen LogP contribution in [-0.4, -0.2) is 36.8 Å². The number of carbonyl (C=O) groups is 1. The van der Waals surface area contributed by atoms with Crippen molar-refractivity contribution in [1.82, 2.24) is 4.90 Å². The third-order valence-corrected chi connectivity index (χ3v) is 7.20. The summed E-state index contributed by atoms with van der Waals surface area (Å²) in [4.78, 5) is 15.2. The van der Waals surface area contributed by atoms with Crippen LogP contribution in [0.15, 0.2) is 66.7 Å². The number of amides is 1. The molecule has 0 saturated carbocycles.